The Balaban J connectivity index is 2.00. The Labute approximate surface area is 125 Å². The molecule has 0 atom stereocenters. The predicted octanol–water partition coefficient (Wildman–Crippen LogP) is 2.93. The molecule has 0 amide bonds. The lowest BCUT2D eigenvalue weighted by Crippen LogP contribution is -2.29. The quantitative estimate of drug-likeness (QED) is 0.855. The van der Waals surface area contributed by atoms with Gasteiger partial charge in [0.1, 0.15) is 0 Å². The molecule has 0 saturated heterocycles. The summed E-state index contributed by atoms with van der Waals surface area (Å²) in [6.45, 7) is 0.334. The molecule has 1 heterocycles. The van der Waals surface area contributed by atoms with Gasteiger partial charge >= 0.3 is 6.18 Å². The number of rotatable bonds is 3. The highest BCUT2D eigenvalue weighted by molar-refractivity contribution is 7.80. The Hall–Kier alpha value is -2.09. The van der Waals surface area contributed by atoms with Gasteiger partial charge in [-0.25, -0.2) is 0 Å². The summed E-state index contributed by atoms with van der Waals surface area (Å²) in [4.78, 5) is 0. The summed E-state index contributed by atoms with van der Waals surface area (Å²) in [5.74, 6) is 0. The number of anilines is 1. The first-order valence-electron chi connectivity index (χ1n) is 6.06. The first-order chi connectivity index (χ1) is 9.86. The molecule has 0 aliphatic heterocycles. The highest BCUT2D eigenvalue weighted by Crippen LogP contribution is 2.34. The molecule has 4 nitrogen and oxygen atoms in total. The van der Waals surface area contributed by atoms with Crippen molar-refractivity contribution in [2.75, 3.05) is 5.32 Å². The van der Waals surface area contributed by atoms with Crippen LogP contribution in [0.25, 0.3) is 0 Å². The van der Waals surface area contributed by atoms with Crippen LogP contribution in [0.3, 0.4) is 0 Å². The van der Waals surface area contributed by atoms with E-state index in [9.17, 15) is 13.2 Å². The van der Waals surface area contributed by atoms with Gasteiger partial charge in [0.05, 0.1) is 23.5 Å². The average Bonchev–Trinajstić information content (AvgIpc) is 2.82. The summed E-state index contributed by atoms with van der Waals surface area (Å²) in [6, 6.07) is 6.97. The van der Waals surface area contributed by atoms with Gasteiger partial charge < -0.3 is 10.6 Å². The second-order valence-electron chi connectivity index (χ2n) is 4.33. The Kier molecular flexibility index (Phi) is 4.46. The Morgan fingerprint density at radius 2 is 2.00 bits per heavy atom. The number of aryl methyl sites for hydroxylation is 1. The second-order valence-corrected chi connectivity index (χ2v) is 4.74. The van der Waals surface area contributed by atoms with E-state index < -0.39 is 11.7 Å². The van der Waals surface area contributed by atoms with E-state index in [4.69, 9.17) is 12.2 Å². The van der Waals surface area contributed by atoms with Gasteiger partial charge in [-0.05, 0) is 30.4 Å². The van der Waals surface area contributed by atoms with Crippen LogP contribution >= 0.6 is 12.2 Å². The molecular weight excluding hydrogens is 301 g/mol. The number of hydrogen-bond acceptors (Lipinski definition) is 2. The van der Waals surface area contributed by atoms with Crippen LogP contribution in [-0.2, 0) is 19.8 Å². The van der Waals surface area contributed by atoms with Crippen molar-refractivity contribution in [3.63, 3.8) is 0 Å². The molecule has 0 unspecified atom stereocenters. The summed E-state index contributed by atoms with van der Waals surface area (Å²) in [5.41, 5.74) is -0.0961. The predicted molar refractivity (Wildman–Crippen MR) is 77.7 cm³/mol. The summed E-state index contributed by atoms with van der Waals surface area (Å²) in [6.07, 6.45) is -2.66. The molecule has 0 radical (unpaired) electrons. The van der Waals surface area contributed by atoms with Gasteiger partial charge in [-0.1, -0.05) is 12.1 Å². The number of halogens is 3. The fourth-order valence-corrected chi connectivity index (χ4v) is 1.92. The van der Waals surface area contributed by atoms with Crippen molar-refractivity contribution in [1.82, 2.24) is 15.1 Å². The lowest BCUT2D eigenvalue weighted by molar-refractivity contribution is -0.136. The van der Waals surface area contributed by atoms with Crippen LogP contribution in [0.2, 0.25) is 0 Å². The van der Waals surface area contributed by atoms with Gasteiger partial charge in [0, 0.05) is 13.2 Å². The number of benzene rings is 1. The van der Waals surface area contributed by atoms with Gasteiger partial charge in [-0.15, -0.1) is 0 Å². The third-order valence-electron chi connectivity index (χ3n) is 2.68. The average molecular weight is 314 g/mol. The molecule has 2 N–H and O–H groups in total. The van der Waals surface area contributed by atoms with E-state index in [0.29, 0.717) is 6.54 Å². The molecule has 0 saturated carbocycles. The Morgan fingerprint density at radius 1 is 1.29 bits per heavy atom. The van der Waals surface area contributed by atoms with E-state index >= 15 is 0 Å². The van der Waals surface area contributed by atoms with Crippen LogP contribution < -0.4 is 10.6 Å². The second kappa shape index (κ2) is 6.13. The number of para-hydroxylation sites is 1. The van der Waals surface area contributed by atoms with Crippen molar-refractivity contribution in [3.05, 3.63) is 47.8 Å². The number of nitrogens with zero attached hydrogens (tertiary/aromatic N) is 2. The molecule has 0 fully saturated rings. The van der Waals surface area contributed by atoms with Crippen molar-refractivity contribution < 1.29 is 13.2 Å². The van der Waals surface area contributed by atoms with Crippen LogP contribution in [0.5, 0.6) is 0 Å². The minimum Gasteiger partial charge on any atom is -0.357 e. The topological polar surface area (TPSA) is 41.9 Å². The SMILES string of the molecule is Cn1ccc(CNC(=S)Nc2ccccc2C(F)(F)F)n1. The van der Waals surface area contributed by atoms with Crippen LogP contribution in [0.1, 0.15) is 11.3 Å². The molecule has 0 aliphatic carbocycles. The number of nitrogens with one attached hydrogen (secondary N) is 2. The van der Waals surface area contributed by atoms with E-state index in [1.54, 1.807) is 24.0 Å². The van der Waals surface area contributed by atoms with Crippen molar-refractivity contribution in [2.24, 2.45) is 7.05 Å². The lowest BCUT2D eigenvalue weighted by Gasteiger charge is -2.15. The Bertz CT molecular complexity index is 636. The Morgan fingerprint density at radius 3 is 2.62 bits per heavy atom. The fourth-order valence-electron chi connectivity index (χ4n) is 1.73. The number of hydrogen-bond donors (Lipinski definition) is 2. The first-order valence-corrected chi connectivity index (χ1v) is 6.46. The maximum absolute atomic E-state index is 12.8. The van der Waals surface area contributed by atoms with E-state index in [1.807, 2.05) is 0 Å². The summed E-state index contributed by atoms with van der Waals surface area (Å²) >= 11 is 5.00. The number of aromatic nitrogens is 2. The number of alkyl halides is 3. The van der Waals surface area contributed by atoms with Crippen molar-refractivity contribution in [2.45, 2.75) is 12.7 Å². The minimum absolute atomic E-state index is 0.0801. The number of thiocarbonyl (C=S) groups is 1. The van der Waals surface area contributed by atoms with Crippen molar-refractivity contribution in [1.29, 1.82) is 0 Å². The van der Waals surface area contributed by atoms with Crippen LogP contribution in [-0.4, -0.2) is 14.9 Å². The van der Waals surface area contributed by atoms with Gasteiger partial charge in [0.15, 0.2) is 5.11 Å². The molecule has 2 aromatic rings. The monoisotopic (exact) mass is 314 g/mol. The first kappa shape index (κ1) is 15.3. The smallest absolute Gasteiger partial charge is 0.357 e. The maximum Gasteiger partial charge on any atom is 0.418 e. The molecule has 1 aromatic heterocycles. The standard InChI is InChI=1S/C13H13F3N4S/c1-20-7-6-9(19-20)8-17-12(21)18-11-5-3-2-4-10(11)13(14,15)16/h2-7H,8H2,1H3,(H2,17,18,21). The van der Waals surface area contributed by atoms with Crippen molar-refractivity contribution in [3.8, 4) is 0 Å². The van der Waals surface area contributed by atoms with Gasteiger partial charge in [-0.3, -0.25) is 4.68 Å². The molecule has 1 aromatic carbocycles. The van der Waals surface area contributed by atoms with E-state index in [-0.39, 0.29) is 10.8 Å². The highest BCUT2D eigenvalue weighted by Gasteiger charge is 2.33. The molecule has 0 aliphatic rings. The zero-order valence-electron chi connectivity index (χ0n) is 11.1. The third-order valence-corrected chi connectivity index (χ3v) is 2.93. The summed E-state index contributed by atoms with van der Waals surface area (Å²) < 4.78 is 40.1. The van der Waals surface area contributed by atoms with Crippen LogP contribution in [0, 0.1) is 0 Å². The van der Waals surface area contributed by atoms with Gasteiger partial charge in [-0.2, -0.15) is 18.3 Å². The van der Waals surface area contributed by atoms with Gasteiger partial charge in [0.25, 0.3) is 0 Å². The molecule has 2 rings (SSSR count). The lowest BCUT2D eigenvalue weighted by atomic mass is 10.1. The van der Waals surface area contributed by atoms with E-state index in [2.05, 4.69) is 15.7 Å². The molecule has 112 valence electrons. The zero-order chi connectivity index (χ0) is 15.5. The van der Waals surface area contributed by atoms with Crippen molar-refractivity contribution >= 4 is 23.0 Å². The maximum atomic E-state index is 12.8. The van der Waals surface area contributed by atoms with Crippen LogP contribution in [0.4, 0.5) is 18.9 Å². The highest BCUT2D eigenvalue weighted by atomic mass is 32.1. The summed E-state index contributed by atoms with van der Waals surface area (Å²) in [5, 5.41) is 9.62. The molecule has 0 spiro atoms. The largest absolute Gasteiger partial charge is 0.418 e. The minimum atomic E-state index is -4.43. The fraction of sp³-hybridized carbons (Fsp3) is 0.231. The third kappa shape index (κ3) is 4.19. The molecule has 21 heavy (non-hydrogen) atoms. The van der Waals surface area contributed by atoms with Crippen LogP contribution in [0.15, 0.2) is 36.5 Å². The molecule has 8 heteroatoms. The van der Waals surface area contributed by atoms with E-state index in [1.165, 1.54) is 18.2 Å². The summed E-state index contributed by atoms with van der Waals surface area (Å²) in [7, 11) is 1.78. The van der Waals surface area contributed by atoms with Gasteiger partial charge in [0.2, 0.25) is 0 Å². The zero-order valence-corrected chi connectivity index (χ0v) is 11.9. The van der Waals surface area contributed by atoms with E-state index in [0.717, 1.165) is 11.8 Å². The molecular formula is C13H13F3N4S. The normalized spacial score (nSPS) is 11.2. The molecule has 0 bridgehead atoms.